The van der Waals surface area contributed by atoms with Crippen LogP contribution in [0.2, 0.25) is 5.02 Å². The summed E-state index contributed by atoms with van der Waals surface area (Å²) in [6, 6.07) is 5.33. The fourth-order valence-corrected chi connectivity index (χ4v) is 2.62. The molecule has 0 saturated carbocycles. The van der Waals surface area contributed by atoms with Gasteiger partial charge >= 0.3 is 0 Å². The van der Waals surface area contributed by atoms with Gasteiger partial charge in [0.05, 0.1) is 10.6 Å². The summed E-state index contributed by atoms with van der Waals surface area (Å²) in [6.07, 6.45) is 1.41. The summed E-state index contributed by atoms with van der Waals surface area (Å²) in [4.78, 5) is 12.0. The zero-order valence-electron chi connectivity index (χ0n) is 8.00. The molecular formula is C11H10BrClO2. The van der Waals surface area contributed by atoms with E-state index in [1.807, 2.05) is 6.07 Å². The van der Waals surface area contributed by atoms with Crippen LogP contribution < -0.4 is 0 Å². The van der Waals surface area contributed by atoms with Crippen LogP contribution in [-0.2, 0) is 4.74 Å². The minimum atomic E-state index is -0.318. The highest BCUT2D eigenvalue weighted by atomic mass is 79.9. The summed E-state index contributed by atoms with van der Waals surface area (Å²) in [5, 5.41) is 0.477. The first kappa shape index (κ1) is 11.1. The standard InChI is InChI=1S/C11H10BrClO2/c12-7-3-1-4-8(13)10(7)11(14)9-5-2-6-15-9/h1,3-4,9H,2,5-6H2. The Morgan fingerprint density at radius 3 is 2.93 bits per heavy atom. The van der Waals surface area contributed by atoms with Crippen molar-refractivity contribution in [3.63, 3.8) is 0 Å². The molecule has 2 nitrogen and oxygen atoms in total. The predicted molar refractivity (Wildman–Crippen MR) is 62.5 cm³/mol. The van der Waals surface area contributed by atoms with Crippen molar-refractivity contribution < 1.29 is 9.53 Å². The lowest BCUT2D eigenvalue weighted by molar-refractivity contribution is 0.0642. The molecule has 1 heterocycles. The van der Waals surface area contributed by atoms with Crippen molar-refractivity contribution in [2.45, 2.75) is 18.9 Å². The van der Waals surface area contributed by atoms with Gasteiger partial charge in [0.2, 0.25) is 0 Å². The van der Waals surface area contributed by atoms with Crippen molar-refractivity contribution in [3.8, 4) is 0 Å². The fraction of sp³-hybridized carbons (Fsp3) is 0.364. The molecule has 2 rings (SSSR count). The molecule has 1 atom stereocenters. The van der Waals surface area contributed by atoms with Crippen molar-refractivity contribution in [1.82, 2.24) is 0 Å². The Kier molecular flexibility index (Phi) is 3.44. The maximum Gasteiger partial charge on any atom is 0.194 e. The van der Waals surface area contributed by atoms with E-state index in [0.29, 0.717) is 17.2 Å². The van der Waals surface area contributed by atoms with Crippen LogP contribution in [-0.4, -0.2) is 18.5 Å². The largest absolute Gasteiger partial charge is 0.370 e. The molecule has 0 radical (unpaired) electrons. The second-order valence-electron chi connectivity index (χ2n) is 3.46. The number of ketones is 1. The molecule has 0 amide bonds. The molecule has 1 unspecified atom stereocenters. The van der Waals surface area contributed by atoms with Crippen LogP contribution in [0.4, 0.5) is 0 Å². The lowest BCUT2D eigenvalue weighted by Crippen LogP contribution is -2.20. The number of carbonyl (C=O) groups is 1. The number of Topliss-reactive ketones (excluding diaryl/α,β-unsaturated/α-hetero) is 1. The van der Waals surface area contributed by atoms with Crippen molar-refractivity contribution in [3.05, 3.63) is 33.3 Å². The Labute approximate surface area is 102 Å². The number of hydrogen-bond acceptors (Lipinski definition) is 2. The monoisotopic (exact) mass is 288 g/mol. The molecule has 1 saturated heterocycles. The van der Waals surface area contributed by atoms with E-state index in [1.54, 1.807) is 12.1 Å². The van der Waals surface area contributed by atoms with Gasteiger partial charge in [0.1, 0.15) is 6.10 Å². The zero-order chi connectivity index (χ0) is 10.8. The Morgan fingerprint density at radius 2 is 2.33 bits per heavy atom. The number of halogens is 2. The fourth-order valence-electron chi connectivity index (χ4n) is 1.68. The van der Waals surface area contributed by atoms with Gasteiger partial charge in [0.25, 0.3) is 0 Å². The van der Waals surface area contributed by atoms with E-state index in [9.17, 15) is 4.79 Å². The van der Waals surface area contributed by atoms with Crippen LogP contribution >= 0.6 is 27.5 Å². The highest BCUT2D eigenvalue weighted by Crippen LogP contribution is 2.28. The zero-order valence-corrected chi connectivity index (χ0v) is 10.3. The lowest BCUT2D eigenvalue weighted by Gasteiger charge is -2.10. The maximum atomic E-state index is 12.0. The minimum Gasteiger partial charge on any atom is -0.370 e. The summed E-state index contributed by atoms with van der Waals surface area (Å²) >= 11 is 9.33. The van der Waals surface area contributed by atoms with Crippen molar-refractivity contribution in [1.29, 1.82) is 0 Å². The van der Waals surface area contributed by atoms with Gasteiger partial charge in [-0.25, -0.2) is 0 Å². The third-order valence-electron chi connectivity index (χ3n) is 2.43. The molecule has 4 heteroatoms. The van der Waals surface area contributed by atoms with Crippen LogP contribution in [0.25, 0.3) is 0 Å². The third kappa shape index (κ3) is 2.25. The highest BCUT2D eigenvalue weighted by Gasteiger charge is 2.27. The first-order chi connectivity index (χ1) is 7.20. The smallest absolute Gasteiger partial charge is 0.194 e. The molecule has 1 aliphatic heterocycles. The number of benzene rings is 1. The Hall–Kier alpha value is -0.380. The summed E-state index contributed by atoms with van der Waals surface area (Å²) in [5.41, 5.74) is 0.533. The first-order valence-corrected chi connectivity index (χ1v) is 5.97. The molecule has 15 heavy (non-hydrogen) atoms. The van der Waals surface area contributed by atoms with Crippen LogP contribution in [0.5, 0.6) is 0 Å². The van der Waals surface area contributed by atoms with E-state index in [-0.39, 0.29) is 11.9 Å². The van der Waals surface area contributed by atoms with E-state index in [1.165, 1.54) is 0 Å². The van der Waals surface area contributed by atoms with E-state index >= 15 is 0 Å². The molecule has 1 aliphatic rings. The van der Waals surface area contributed by atoms with Crippen LogP contribution in [0.3, 0.4) is 0 Å². The predicted octanol–water partition coefficient (Wildman–Crippen LogP) is 3.46. The summed E-state index contributed by atoms with van der Waals surface area (Å²) in [5.74, 6) is -0.0232. The molecule has 1 aromatic carbocycles. The number of carbonyl (C=O) groups excluding carboxylic acids is 1. The first-order valence-electron chi connectivity index (χ1n) is 4.80. The number of ether oxygens (including phenoxy) is 1. The molecule has 0 N–H and O–H groups in total. The Balaban J connectivity index is 2.32. The van der Waals surface area contributed by atoms with E-state index < -0.39 is 0 Å². The van der Waals surface area contributed by atoms with E-state index in [2.05, 4.69) is 15.9 Å². The van der Waals surface area contributed by atoms with Crippen LogP contribution in [0, 0.1) is 0 Å². The van der Waals surface area contributed by atoms with Gasteiger partial charge < -0.3 is 4.74 Å². The van der Waals surface area contributed by atoms with Crippen LogP contribution in [0.1, 0.15) is 23.2 Å². The molecule has 0 aliphatic carbocycles. The average molecular weight is 290 g/mol. The van der Waals surface area contributed by atoms with Gasteiger partial charge in [0, 0.05) is 11.1 Å². The molecule has 0 aromatic heterocycles. The number of rotatable bonds is 2. The molecular weight excluding hydrogens is 279 g/mol. The average Bonchev–Trinajstić information content (AvgIpc) is 2.69. The van der Waals surface area contributed by atoms with Crippen molar-refractivity contribution in [2.75, 3.05) is 6.61 Å². The van der Waals surface area contributed by atoms with Crippen LogP contribution in [0.15, 0.2) is 22.7 Å². The highest BCUT2D eigenvalue weighted by molar-refractivity contribution is 9.10. The SMILES string of the molecule is O=C(c1c(Cl)cccc1Br)C1CCCO1. The minimum absolute atomic E-state index is 0.0232. The van der Waals surface area contributed by atoms with E-state index in [0.717, 1.165) is 17.3 Å². The van der Waals surface area contributed by atoms with Crippen molar-refractivity contribution in [2.24, 2.45) is 0 Å². The van der Waals surface area contributed by atoms with Gasteiger partial charge in [-0.2, -0.15) is 0 Å². The molecule has 0 spiro atoms. The molecule has 1 aromatic rings. The third-order valence-corrected chi connectivity index (χ3v) is 3.41. The molecule has 0 bridgehead atoms. The number of hydrogen-bond donors (Lipinski definition) is 0. The molecule has 80 valence electrons. The summed E-state index contributed by atoms with van der Waals surface area (Å²) in [6.45, 7) is 0.665. The Bertz CT molecular complexity index is 366. The summed E-state index contributed by atoms with van der Waals surface area (Å²) in [7, 11) is 0. The normalized spacial score (nSPS) is 20.5. The van der Waals surface area contributed by atoms with Gasteiger partial charge in [0.15, 0.2) is 5.78 Å². The second-order valence-corrected chi connectivity index (χ2v) is 4.72. The van der Waals surface area contributed by atoms with Gasteiger partial charge in [-0.05, 0) is 40.9 Å². The Morgan fingerprint density at radius 1 is 1.53 bits per heavy atom. The molecule has 1 fully saturated rings. The van der Waals surface area contributed by atoms with E-state index in [4.69, 9.17) is 16.3 Å². The lowest BCUT2D eigenvalue weighted by atomic mass is 10.0. The summed E-state index contributed by atoms with van der Waals surface area (Å²) < 4.78 is 6.08. The van der Waals surface area contributed by atoms with Gasteiger partial charge in [-0.15, -0.1) is 0 Å². The van der Waals surface area contributed by atoms with Gasteiger partial charge in [-0.1, -0.05) is 17.7 Å². The quantitative estimate of drug-likeness (QED) is 0.779. The topological polar surface area (TPSA) is 26.3 Å². The maximum absolute atomic E-state index is 12.0. The van der Waals surface area contributed by atoms with Gasteiger partial charge in [-0.3, -0.25) is 4.79 Å². The second kappa shape index (κ2) is 4.64. The van der Waals surface area contributed by atoms with Crippen molar-refractivity contribution >= 4 is 33.3 Å².